The van der Waals surface area contributed by atoms with Gasteiger partial charge in [-0.2, -0.15) is 0 Å². The lowest BCUT2D eigenvalue weighted by molar-refractivity contribution is 0.365. The van der Waals surface area contributed by atoms with Crippen LogP contribution in [0.3, 0.4) is 0 Å². The molecule has 0 fully saturated rings. The monoisotopic (exact) mass is 248 g/mol. The van der Waals surface area contributed by atoms with Crippen LogP contribution >= 0.6 is 0 Å². The van der Waals surface area contributed by atoms with Gasteiger partial charge in [0.2, 0.25) is 0 Å². The van der Waals surface area contributed by atoms with Crippen molar-refractivity contribution >= 4 is 10.2 Å². The predicted molar refractivity (Wildman–Crippen MR) is 79.3 cm³/mol. The van der Waals surface area contributed by atoms with Crippen molar-refractivity contribution in [3.8, 4) is 0 Å². The van der Waals surface area contributed by atoms with Crippen LogP contribution < -0.4 is 5.32 Å². The number of benzene rings is 1. The Bertz CT molecular complexity index is 300. The Morgan fingerprint density at radius 3 is 2.65 bits per heavy atom. The van der Waals surface area contributed by atoms with Crippen LogP contribution in [0.2, 0.25) is 6.04 Å². The van der Waals surface area contributed by atoms with E-state index in [2.05, 4.69) is 47.1 Å². The molecule has 0 saturated heterocycles. The van der Waals surface area contributed by atoms with E-state index < -0.39 is 0 Å². The van der Waals surface area contributed by atoms with Crippen molar-refractivity contribution in [1.29, 1.82) is 0 Å². The molecular formula is C14H24N2Si. The van der Waals surface area contributed by atoms with Gasteiger partial charge in [-0.3, -0.25) is 0 Å². The highest BCUT2D eigenvalue weighted by Gasteiger charge is 1.99. The average molecular weight is 248 g/mol. The minimum atomic E-state index is 0.951. The standard InChI is InChI=1S/C14H24N2Si/c1-2-16(11-10-15-9-6-12-17)13-14-7-4-3-5-8-14/h2-5,7-8,15H,1,6,9-13H2,17H3. The Morgan fingerprint density at radius 1 is 1.24 bits per heavy atom. The van der Waals surface area contributed by atoms with Crippen molar-refractivity contribution in [3.63, 3.8) is 0 Å². The van der Waals surface area contributed by atoms with Crippen LogP contribution in [0.15, 0.2) is 43.1 Å². The van der Waals surface area contributed by atoms with Gasteiger partial charge in [-0.15, -0.1) is 0 Å². The van der Waals surface area contributed by atoms with Gasteiger partial charge in [0, 0.05) is 29.9 Å². The first-order valence-electron chi connectivity index (χ1n) is 6.48. The molecule has 17 heavy (non-hydrogen) atoms. The highest BCUT2D eigenvalue weighted by molar-refractivity contribution is 6.08. The molecule has 0 aliphatic carbocycles. The van der Waals surface area contributed by atoms with E-state index in [1.54, 1.807) is 0 Å². The Balaban J connectivity index is 2.22. The van der Waals surface area contributed by atoms with Gasteiger partial charge in [-0.05, 0) is 24.7 Å². The summed E-state index contributed by atoms with van der Waals surface area (Å²) in [5.74, 6) is 0. The number of nitrogens with one attached hydrogen (secondary N) is 1. The van der Waals surface area contributed by atoms with Gasteiger partial charge >= 0.3 is 0 Å². The van der Waals surface area contributed by atoms with E-state index in [0.717, 1.165) is 26.2 Å². The van der Waals surface area contributed by atoms with Crippen LogP contribution in [0.25, 0.3) is 0 Å². The maximum absolute atomic E-state index is 3.88. The van der Waals surface area contributed by atoms with Crippen molar-refractivity contribution in [2.45, 2.75) is 19.0 Å². The maximum Gasteiger partial charge on any atom is 0.0424 e. The van der Waals surface area contributed by atoms with E-state index in [1.165, 1.54) is 28.3 Å². The van der Waals surface area contributed by atoms with Crippen LogP contribution in [0.5, 0.6) is 0 Å². The first-order valence-corrected chi connectivity index (χ1v) is 7.89. The van der Waals surface area contributed by atoms with Gasteiger partial charge in [-0.1, -0.05) is 43.0 Å². The molecule has 0 radical (unpaired) electrons. The fraction of sp³-hybridized carbons (Fsp3) is 0.429. The zero-order valence-corrected chi connectivity index (χ0v) is 12.9. The third-order valence-electron chi connectivity index (χ3n) is 2.77. The molecule has 0 atom stereocenters. The second kappa shape index (κ2) is 9.02. The lowest BCUT2D eigenvalue weighted by atomic mass is 10.2. The summed E-state index contributed by atoms with van der Waals surface area (Å²) in [6.07, 6.45) is 3.25. The number of nitrogens with zero attached hydrogens (tertiary/aromatic N) is 1. The quantitative estimate of drug-likeness (QED) is 0.525. The van der Waals surface area contributed by atoms with Crippen molar-refractivity contribution in [2.75, 3.05) is 19.6 Å². The fourth-order valence-electron chi connectivity index (χ4n) is 1.70. The topological polar surface area (TPSA) is 15.3 Å². The van der Waals surface area contributed by atoms with Gasteiger partial charge in [0.15, 0.2) is 0 Å². The van der Waals surface area contributed by atoms with Crippen LogP contribution in [-0.2, 0) is 6.54 Å². The van der Waals surface area contributed by atoms with Crippen LogP contribution in [0.4, 0.5) is 0 Å². The summed E-state index contributed by atoms with van der Waals surface area (Å²) in [6.45, 7) is 8.05. The lowest BCUT2D eigenvalue weighted by Crippen LogP contribution is -2.28. The number of hydrogen-bond acceptors (Lipinski definition) is 2. The highest BCUT2D eigenvalue weighted by Crippen LogP contribution is 2.03. The van der Waals surface area contributed by atoms with E-state index in [1.807, 2.05) is 6.20 Å². The third-order valence-corrected chi connectivity index (χ3v) is 3.48. The molecule has 1 N–H and O–H groups in total. The van der Waals surface area contributed by atoms with E-state index >= 15 is 0 Å². The summed E-state index contributed by atoms with van der Waals surface area (Å²) in [4.78, 5) is 2.25. The number of rotatable bonds is 9. The Hall–Kier alpha value is -1.06. The maximum atomic E-state index is 3.88. The summed E-state index contributed by atoms with van der Waals surface area (Å²) in [5, 5.41) is 3.47. The Morgan fingerprint density at radius 2 is 2.00 bits per heavy atom. The molecule has 0 spiro atoms. The van der Waals surface area contributed by atoms with Gasteiger partial charge in [0.1, 0.15) is 0 Å². The zero-order valence-electron chi connectivity index (χ0n) is 10.9. The second-order valence-corrected chi connectivity index (χ2v) is 5.24. The van der Waals surface area contributed by atoms with E-state index in [-0.39, 0.29) is 0 Å². The van der Waals surface area contributed by atoms with Crippen LogP contribution in [-0.4, -0.2) is 34.8 Å². The largest absolute Gasteiger partial charge is 0.372 e. The average Bonchev–Trinajstić information content (AvgIpc) is 2.38. The molecule has 0 unspecified atom stereocenters. The van der Waals surface area contributed by atoms with Gasteiger partial charge < -0.3 is 10.2 Å². The molecule has 0 aliphatic rings. The van der Waals surface area contributed by atoms with Gasteiger partial charge in [0.25, 0.3) is 0 Å². The predicted octanol–water partition coefficient (Wildman–Crippen LogP) is 1.40. The molecule has 0 bridgehead atoms. The van der Waals surface area contributed by atoms with Crippen molar-refractivity contribution in [3.05, 3.63) is 48.7 Å². The summed E-state index contributed by atoms with van der Waals surface area (Å²) in [5.41, 5.74) is 1.34. The fourth-order valence-corrected chi connectivity index (χ4v) is 2.06. The third kappa shape index (κ3) is 6.29. The molecule has 0 aromatic heterocycles. The van der Waals surface area contributed by atoms with Crippen LogP contribution in [0.1, 0.15) is 12.0 Å². The molecule has 1 rings (SSSR count). The van der Waals surface area contributed by atoms with Crippen molar-refractivity contribution in [2.24, 2.45) is 0 Å². The number of hydrogen-bond donors (Lipinski definition) is 1. The molecule has 0 aliphatic heterocycles. The molecular weight excluding hydrogens is 224 g/mol. The molecule has 0 amide bonds. The first-order chi connectivity index (χ1) is 8.36. The molecule has 1 aromatic rings. The van der Waals surface area contributed by atoms with Crippen molar-refractivity contribution < 1.29 is 0 Å². The normalized spacial score (nSPS) is 10.4. The zero-order chi connectivity index (χ0) is 12.3. The van der Waals surface area contributed by atoms with E-state index in [9.17, 15) is 0 Å². The van der Waals surface area contributed by atoms with E-state index in [4.69, 9.17) is 0 Å². The summed E-state index contributed by atoms with van der Waals surface area (Å²) in [6, 6.07) is 11.9. The Kier molecular flexibility index (Phi) is 7.43. The second-order valence-electron chi connectivity index (χ2n) is 4.24. The highest BCUT2D eigenvalue weighted by atomic mass is 28.1. The molecule has 3 heteroatoms. The summed E-state index contributed by atoms with van der Waals surface area (Å²) < 4.78 is 0. The SMILES string of the molecule is C=CN(CCNCCC[SiH3])Cc1ccccc1. The molecule has 94 valence electrons. The first kappa shape index (κ1) is 14.0. The summed E-state index contributed by atoms with van der Waals surface area (Å²) >= 11 is 0. The van der Waals surface area contributed by atoms with Crippen LogP contribution in [0, 0.1) is 0 Å². The molecule has 2 nitrogen and oxygen atoms in total. The van der Waals surface area contributed by atoms with Gasteiger partial charge in [-0.25, -0.2) is 0 Å². The minimum Gasteiger partial charge on any atom is -0.372 e. The minimum absolute atomic E-state index is 0.951. The molecule has 0 heterocycles. The molecule has 1 aromatic carbocycles. The summed E-state index contributed by atoms with van der Waals surface area (Å²) in [7, 11) is 1.32. The molecule has 0 saturated carbocycles. The van der Waals surface area contributed by atoms with Gasteiger partial charge in [0.05, 0.1) is 0 Å². The van der Waals surface area contributed by atoms with E-state index in [0.29, 0.717) is 0 Å². The van der Waals surface area contributed by atoms with Crippen molar-refractivity contribution in [1.82, 2.24) is 10.2 Å². The lowest BCUT2D eigenvalue weighted by Gasteiger charge is -2.20. The Labute approximate surface area is 108 Å². The smallest absolute Gasteiger partial charge is 0.0424 e.